The lowest BCUT2D eigenvalue weighted by atomic mass is 9.89. The molecular formula is C42H36ClF6N7O3S. The fourth-order valence-electron chi connectivity index (χ4n) is 6.81. The second-order valence-electron chi connectivity index (χ2n) is 13.6. The van der Waals surface area contributed by atoms with Gasteiger partial charge in [0, 0.05) is 37.2 Å². The summed E-state index contributed by atoms with van der Waals surface area (Å²) in [5, 5.41) is 8.47. The van der Waals surface area contributed by atoms with E-state index < -0.39 is 12.7 Å². The Morgan fingerprint density at radius 3 is 2.13 bits per heavy atom. The van der Waals surface area contributed by atoms with E-state index >= 15 is 0 Å². The van der Waals surface area contributed by atoms with Crippen molar-refractivity contribution in [2.45, 2.75) is 51.4 Å². The van der Waals surface area contributed by atoms with E-state index in [2.05, 4.69) is 52.1 Å². The number of nitrogens with zero attached hydrogens (tertiary/aromatic N) is 5. The zero-order valence-electron chi connectivity index (χ0n) is 31.7. The molecule has 8 rings (SSSR count). The van der Waals surface area contributed by atoms with E-state index in [1.165, 1.54) is 54.1 Å². The molecule has 18 heteroatoms. The van der Waals surface area contributed by atoms with Gasteiger partial charge in [0.15, 0.2) is 5.82 Å². The number of pyridine rings is 1. The fourth-order valence-corrected chi connectivity index (χ4v) is 7.76. The number of alkyl halides is 6. The van der Waals surface area contributed by atoms with Gasteiger partial charge in [-0.05, 0) is 108 Å². The van der Waals surface area contributed by atoms with Crippen molar-refractivity contribution in [3.8, 4) is 11.5 Å². The lowest BCUT2D eigenvalue weighted by molar-refractivity contribution is -0.275. The molecule has 0 radical (unpaired) electrons. The molecule has 0 bridgehead atoms. The first-order valence-corrected chi connectivity index (χ1v) is 19.9. The Labute approximate surface area is 348 Å². The SMILES string of the molecule is CCc1nc2ccc(Cl)cn2c1C(=O)NCc1ccc(N2CCC(c3ccc(OC(F)(F)F)cc3)CC2)cc1.FC(F)(F)Oc1ccc(Nc2ncnc3ccsc23)cc1. The first-order chi connectivity index (χ1) is 28.7. The van der Waals surface area contributed by atoms with Gasteiger partial charge in [0.25, 0.3) is 5.91 Å². The molecule has 0 unspecified atom stereocenters. The predicted molar refractivity (Wildman–Crippen MR) is 218 cm³/mol. The van der Waals surface area contributed by atoms with Crippen molar-refractivity contribution >= 4 is 61.9 Å². The highest BCUT2D eigenvalue weighted by atomic mass is 35.5. The van der Waals surface area contributed by atoms with Crippen LogP contribution in [0.15, 0.2) is 109 Å². The molecule has 0 saturated carbocycles. The van der Waals surface area contributed by atoms with Gasteiger partial charge >= 0.3 is 12.7 Å². The van der Waals surface area contributed by atoms with Crippen molar-refractivity contribution < 1.29 is 40.6 Å². The van der Waals surface area contributed by atoms with E-state index in [1.807, 2.05) is 30.5 Å². The van der Waals surface area contributed by atoms with Crippen LogP contribution in [0.3, 0.4) is 0 Å². The van der Waals surface area contributed by atoms with Crippen LogP contribution in [0.1, 0.15) is 53.0 Å². The maximum absolute atomic E-state index is 13.0. The Hall–Kier alpha value is -6.07. The molecular weight excluding hydrogens is 832 g/mol. The zero-order valence-corrected chi connectivity index (χ0v) is 33.3. The lowest BCUT2D eigenvalue weighted by Crippen LogP contribution is -2.32. The number of aryl methyl sites for hydroxylation is 1. The number of fused-ring (bicyclic) bond motifs is 2. The van der Waals surface area contributed by atoms with Gasteiger partial charge in [-0.3, -0.25) is 9.20 Å². The van der Waals surface area contributed by atoms with Crippen LogP contribution in [-0.2, 0) is 13.0 Å². The summed E-state index contributed by atoms with van der Waals surface area (Å²) in [6.07, 6.45) is -3.81. The second-order valence-corrected chi connectivity index (χ2v) is 15.0. The summed E-state index contributed by atoms with van der Waals surface area (Å²) in [5.41, 5.74) is 6.43. The first kappa shape index (κ1) is 42.1. The summed E-state index contributed by atoms with van der Waals surface area (Å²) in [4.78, 5) is 28.1. The van der Waals surface area contributed by atoms with Crippen LogP contribution in [-0.4, -0.2) is 51.1 Å². The molecule has 1 saturated heterocycles. The third kappa shape index (κ3) is 10.8. The molecule has 60 heavy (non-hydrogen) atoms. The number of hydrogen-bond acceptors (Lipinski definition) is 9. The van der Waals surface area contributed by atoms with Gasteiger partial charge in [0.1, 0.15) is 29.2 Å². The van der Waals surface area contributed by atoms with E-state index in [-0.39, 0.29) is 23.3 Å². The molecule has 1 aliphatic rings. The number of carbonyl (C=O) groups is 1. The Balaban J connectivity index is 0.000000218. The highest BCUT2D eigenvalue weighted by Gasteiger charge is 2.32. The maximum atomic E-state index is 13.0. The molecule has 312 valence electrons. The normalized spacial score (nSPS) is 13.5. The lowest BCUT2D eigenvalue weighted by Gasteiger charge is -2.34. The molecule has 1 aliphatic heterocycles. The van der Waals surface area contributed by atoms with Crippen LogP contribution >= 0.6 is 22.9 Å². The molecule has 5 heterocycles. The highest BCUT2D eigenvalue weighted by molar-refractivity contribution is 7.17. The molecule has 0 spiro atoms. The van der Waals surface area contributed by atoms with Crippen molar-refractivity contribution in [1.29, 1.82) is 0 Å². The summed E-state index contributed by atoms with van der Waals surface area (Å²) in [5.74, 6) is 0.231. The number of imidazole rings is 1. The number of ether oxygens (including phenoxy) is 2. The van der Waals surface area contributed by atoms with Crippen LogP contribution in [0.4, 0.5) is 43.5 Å². The van der Waals surface area contributed by atoms with Gasteiger partial charge in [-0.25, -0.2) is 15.0 Å². The minimum absolute atomic E-state index is 0.200. The second kappa shape index (κ2) is 18.0. The van der Waals surface area contributed by atoms with Crippen LogP contribution in [0.25, 0.3) is 15.9 Å². The molecule has 4 aromatic heterocycles. The molecule has 3 aromatic carbocycles. The predicted octanol–water partition coefficient (Wildman–Crippen LogP) is 11.1. The van der Waals surface area contributed by atoms with Gasteiger partial charge in [0.05, 0.1) is 20.9 Å². The summed E-state index contributed by atoms with van der Waals surface area (Å²) >= 11 is 7.62. The Morgan fingerprint density at radius 2 is 1.50 bits per heavy atom. The molecule has 2 N–H and O–H groups in total. The summed E-state index contributed by atoms with van der Waals surface area (Å²) < 4.78 is 83.8. The minimum atomic E-state index is -4.69. The van der Waals surface area contributed by atoms with Crippen LogP contribution in [0, 0.1) is 0 Å². The topological polar surface area (TPSA) is 106 Å². The maximum Gasteiger partial charge on any atom is 0.573 e. The largest absolute Gasteiger partial charge is 0.573 e. The van der Waals surface area contributed by atoms with E-state index in [0.717, 1.165) is 58.7 Å². The third-order valence-corrected chi connectivity index (χ3v) is 10.8. The van der Waals surface area contributed by atoms with Gasteiger partial charge in [-0.1, -0.05) is 42.8 Å². The Bertz CT molecular complexity index is 2540. The van der Waals surface area contributed by atoms with Crippen molar-refractivity contribution in [1.82, 2.24) is 24.7 Å². The van der Waals surface area contributed by atoms with Gasteiger partial charge in [-0.2, -0.15) is 0 Å². The van der Waals surface area contributed by atoms with Crippen molar-refractivity contribution in [2.24, 2.45) is 0 Å². The molecule has 0 aliphatic carbocycles. The number of rotatable bonds is 10. The van der Waals surface area contributed by atoms with E-state index in [9.17, 15) is 31.1 Å². The smallest absolute Gasteiger partial charge is 0.406 e. The number of thiophene rings is 1. The van der Waals surface area contributed by atoms with Gasteiger partial charge in [0.2, 0.25) is 0 Å². The standard InChI is InChI=1S/C29H28ClF3N4O2.C13H8F3N3OS/c1-2-25-27(37-18-22(30)7-12-26(37)35-25)28(38)34-17-19-3-8-23(9-4-19)36-15-13-21(14-16-36)20-5-10-24(11-6-20)39-29(31,32)33;14-13(15,16)20-9-3-1-8(2-4-9)19-12-11-10(5-6-21-11)17-7-18-12/h3-12,18,21H,2,13-17H2,1H3,(H,34,38);1-7H,(H,17,18,19). The summed E-state index contributed by atoms with van der Waals surface area (Å²) in [6, 6.07) is 25.2. The number of anilines is 3. The molecule has 0 atom stereocenters. The number of amides is 1. The molecule has 1 amide bonds. The number of halogens is 7. The van der Waals surface area contributed by atoms with E-state index in [4.69, 9.17) is 11.6 Å². The van der Waals surface area contributed by atoms with Gasteiger partial charge in [-0.15, -0.1) is 37.7 Å². The summed E-state index contributed by atoms with van der Waals surface area (Å²) in [6.45, 7) is 4.04. The summed E-state index contributed by atoms with van der Waals surface area (Å²) in [7, 11) is 0. The molecule has 10 nitrogen and oxygen atoms in total. The van der Waals surface area contributed by atoms with Crippen LogP contribution in [0.2, 0.25) is 5.02 Å². The van der Waals surface area contributed by atoms with Crippen molar-refractivity contribution in [3.63, 3.8) is 0 Å². The van der Waals surface area contributed by atoms with Gasteiger partial charge < -0.3 is 25.0 Å². The Morgan fingerprint density at radius 1 is 0.850 bits per heavy atom. The number of carbonyl (C=O) groups excluding carboxylic acids is 1. The number of nitrogens with one attached hydrogen (secondary N) is 2. The molecule has 1 fully saturated rings. The van der Waals surface area contributed by atoms with Crippen molar-refractivity contribution in [2.75, 3.05) is 23.3 Å². The fraction of sp³-hybridized carbons (Fsp3) is 0.238. The van der Waals surface area contributed by atoms with Crippen LogP contribution < -0.4 is 25.0 Å². The third-order valence-electron chi connectivity index (χ3n) is 9.63. The minimum Gasteiger partial charge on any atom is -0.406 e. The number of piperidine rings is 1. The number of benzene rings is 3. The van der Waals surface area contributed by atoms with Crippen molar-refractivity contribution in [3.05, 3.63) is 136 Å². The first-order valence-electron chi connectivity index (χ1n) is 18.7. The van der Waals surface area contributed by atoms with Crippen LogP contribution in [0.5, 0.6) is 11.5 Å². The monoisotopic (exact) mass is 867 g/mol. The number of aromatic nitrogens is 4. The van der Waals surface area contributed by atoms with E-state index in [0.29, 0.717) is 40.8 Å². The quantitative estimate of drug-likeness (QED) is 0.131. The average molecular weight is 868 g/mol. The number of hydrogen-bond donors (Lipinski definition) is 2. The molecule has 7 aromatic rings. The average Bonchev–Trinajstić information content (AvgIpc) is 3.86. The zero-order chi connectivity index (χ0) is 42.4. The Kier molecular flexibility index (Phi) is 12.7. The van der Waals surface area contributed by atoms with E-state index in [1.54, 1.807) is 34.9 Å². The highest BCUT2D eigenvalue weighted by Crippen LogP contribution is 2.33.